The van der Waals surface area contributed by atoms with Gasteiger partial charge < -0.3 is 15.1 Å². The standard InChI is InChI=1S/C26H33FN4O2/c1-19-7-8-20(2)23(17-19)28-25(32)18-31(21-9-10-21)12-11-26(33)30-15-13-29(14-16-30)24-6-4-3-5-22(24)27/h3-8,17,21H,9-16,18H2,1-2H3,(H,28,32). The lowest BCUT2D eigenvalue weighted by molar-refractivity contribution is -0.132. The van der Waals surface area contributed by atoms with Gasteiger partial charge in [-0.2, -0.15) is 0 Å². The topological polar surface area (TPSA) is 55.9 Å². The summed E-state index contributed by atoms with van der Waals surface area (Å²) >= 11 is 0. The van der Waals surface area contributed by atoms with Gasteiger partial charge in [0.05, 0.1) is 12.2 Å². The van der Waals surface area contributed by atoms with Crippen molar-refractivity contribution < 1.29 is 14.0 Å². The molecule has 0 bridgehead atoms. The van der Waals surface area contributed by atoms with E-state index in [0.29, 0.717) is 57.4 Å². The van der Waals surface area contributed by atoms with E-state index in [1.54, 1.807) is 12.1 Å². The van der Waals surface area contributed by atoms with Crippen molar-refractivity contribution in [3.63, 3.8) is 0 Å². The molecule has 2 aliphatic rings. The van der Waals surface area contributed by atoms with E-state index in [0.717, 1.165) is 29.7 Å². The van der Waals surface area contributed by atoms with Crippen LogP contribution in [0.5, 0.6) is 0 Å². The minimum Gasteiger partial charge on any atom is -0.366 e. The average molecular weight is 453 g/mol. The maximum Gasteiger partial charge on any atom is 0.238 e. The van der Waals surface area contributed by atoms with Crippen LogP contribution in [-0.4, -0.2) is 66.9 Å². The van der Waals surface area contributed by atoms with Crippen LogP contribution >= 0.6 is 0 Å². The Morgan fingerprint density at radius 2 is 1.79 bits per heavy atom. The molecule has 0 unspecified atom stereocenters. The van der Waals surface area contributed by atoms with Gasteiger partial charge in [0, 0.05) is 50.9 Å². The van der Waals surface area contributed by atoms with Crippen LogP contribution in [0.4, 0.5) is 15.8 Å². The molecule has 0 aromatic heterocycles. The average Bonchev–Trinajstić information content (AvgIpc) is 3.65. The lowest BCUT2D eigenvalue weighted by Gasteiger charge is -2.36. The highest BCUT2D eigenvalue weighted by Gasteiger charge is 2.31. The molecule has 4 rings (SSSR count). The van der Waals surface area contributed by atoms with Crippen LogP contribution in [0.3, 0.4) is 0 Å². The Bertz CT molecular complexity index is 1000. The highest BCUT2D eigenvalue weighted by molar-refractivity contribution is 5.93. The number of carbonyl (C=O) groups is 2. The Labute approximate surface area is 195 Å². The first kappa shape index (κ1) is 23.2. The number of piperazine rings is 1. The van der Waals surface area contributed by atoms with Crippen LogP contribution in [-0.2, 0) is 9.59 Å². The maximum absolute atomic E-state index is 14.0. The smallest absolute Gasteiger partial charge is 0.238 e. The number of anilines is 2. The Morgan fingerprint density at radius 3 is 2.48 bits per heavy atom. The fourth-order valence-corrected chi connectivity index (χ4v) is 4.38. The van der Waals surface area contributed by atoms with Gasteiger partial charge in [-0.05, 0) is 56.0 Å². The molecule has 0 radical (unpaired) electrons. The second kappa shape index (κ2) is 10.3. The summed E-state index contributed by atoms with van der Waals surface area (Å²) in [7, 11) is 0. The van der Waals surface area contributed by atoms with Crippen LogP contribution < -0.4 is 10.2 Å². The van der Waals surface area contributed by atoms with Gasteiger partial charge in [0.25, 0.3) is 0 Å². The first-order valence-corrected chi connectivity index (χ1v) is 11.8. The van der Waals surface area contributed by atoms with Gasteiger partial charge in [-0.25, -0.2) is 4.39 Å². The molecule has 1 aliphatic heterocycles. The van der Waals surface area contributed by atoms with E-state index in [4.69, 9.17) is 0 Å². The van der Waals surface area contributed by atoms with Crippen molar-refractivity contribution in [2.24, 2.45) is 0 Å². The monoisotopic (exact) mass is 452 g/mol. The largest absolute Gasteiger partial charge is 0.366 e. The Hall–Kier alpha value is -2.93. The summed E-state index contributed by atoms with van der Waals surface area (Å²) in [5.41, 5.74) is 3.59. The van der Waals surface area contributed by atoms with Crippen molar-refractivity contribution in [3.8, 4) is 0 Å². The predicted molar refractivity (Wildman–Crippen MR) is 129 cm³/mol. The van der Waals surface area contributed by atoms with Crippen LogP contribution in [0.15, 0.2) is 42.5 Å². The Kier molecular flexibility index (Phi) is 7.28. The summed E-state index contributed by atoms with van der Waals surface area (Å²) in [6.07, 6.45) is 2.55. The lowest BCUT2D eigenvalue weighted by Crippen LogP contribution is -2.49. The van der Waals surface area contributed by atoms with Crippen molar-refractivity contribution in [1.82, 2.24) is 9.80 Å². The zero-order valence-corrected chi connectivity index (χ0v) is 19.5. The zero-order valence-electron chi connectivity index (χ0n) is 19.5. The van der Waals surface area contributed by atoms with E-state index in [9.17, 15) is 14.0 Å². The summed E-state index contributed by atoms with van der Waals surface area (Å²) in [4.78, 5) is 31.5. The highest BCUT2D eigenvalue weighted by Crippen LogP contribution is 2.27. The molecule has 1 saturated heterocycles. The summed E-state index contributed by atoms with van der Waals surface area (Å²) in [6, 6.07) is 13.2. The van der Waals surface area contributed by atoms with Gasteiger partial charge in [-0.3, -0.25) is 14.5 Å². The van der Waals surface area contributed by atoms with E-state index < -0.39 is 0 Å². The van der Waals surface area contributed by atoms with Gasteiger partial charge in [0.15, 0.2) is 0 Å². The van der Waals surface area contributed by atoms with E-state index in [1.165, 1.54) is 6.07 Å². The molecule has 1 aliphatic carbocycles. The van der Waals surface area contributed by atoms with Crippen LogP contribution in [0.2, 0.25) is 0 Å². The van der Waals surface area contributed by atoms with Gasteiger partial charge >= 0.3 is 0 Å². The third kappa shape index (κ3) is 6.11. The number of benzene rings is 2. The van der Waals surface area contributed by atoms with Crippen molar-refractivity contribution in [3.05, 3.63) is 59.4 Å². The molecule has 6 nitrogen and oxygen atoms in total. The quantitative estimate of drug-likeness (QED) is 0.665. The summed E-state index contributed by atoms with van der Waals surface area (Å²) in [5.74, 6) is -0.165. The molecule has 2 aromatic rings. The van der Waals surface area contributed by atoms with Crippen LogP contribution in [0.1, 0.15) is 30.4 Å². The Balaban J connectivity index is 1.25. The zero-order chi connectivity index (χ0) is 23.4. The molecule has 1 saturated carbocycles. The van der Waals surface area contributed by atoms with Gasteiger partial charge in [-0.1, -0.05) is 24.3 Å². The molecule has 0 spiro atoms. The normalized spacial score (nSPS) is 16.2. The summed E-state index contributed by atoms with van der Waals surface area (Å²) < 4.78 is 14.0. The number of carbonyl (C=O) groups excluding carboxylic acids is 2. The molecule has 1 heterocycles. The third-order valence-corrected chi connectivity index (χ3v) is 6.52. The number of hydrogen-bond acceptors (Lipinski definition) is 4. The molecule has 2 aromatic carbocycles. The van der Waals surface area contributed by atoms with Gasteiger partial charge in [0.1, 0.15) is 5.82 Å². The van der Waals surface area contributed by atoms with Crippen LogP contribution in [0.25, 0.3) is 0 Å². The molecule has 1 N–H and O–H groups in total. The number of para-hydroxylation sites is 1. The molecule has 0 atom stereocenters. The van der Waals surface area contributed by atoms with Crippen molar-refractivity contribution in [2.75, 3.05) is 49.5 Å². The summed E-state index contributed by atoms with van der Waals surface area (Å²) in [6.45, 7) is 7.29. The second-order valence-corrected chi connectivity index (χ2v) is 9.14. The number of halogens is 1. The molecular formula is C26H33FN4O2. The van der Waals surface area contributed by atoms with Crippen molar-refractivity contribution in [2.45, 2.75) is 39.2 Å². The molecule has 33 heavy (non-hydrogen) atoms. The minimum atomic E-state index is -0.225. The third-order valence-electron chi connectivity index (χ3n) is 6.52. The van der Waals surface area contributed by atoms with E-state index in [2.05, 4.69) is 10.2 Å². The number of nitrogens with one attached hydrogen (secondary N) is 1. The van der Waals surface area contributed by atoms with E-state index in [1.807, 2.05) is 47.9 Å². The van der Waals surface area contributed by atoms with E-state index >= 15 is 0 Å². The second-order valence-electron chi connectivity index (χ2n) is 9.14. The molecule has 2 amide bonds. The number of hydrogen-bond donors (Lipinski definition) is 1. The number of rotatable bonds is 8. The highest BCUT2D eigenvalue weighted by atomic mass is 19.1. The predicted octanol–water partition coefficient (Wildman–Crippen LogP) is 3.58. The van der Waals surface area contributed by atoms with Gasteiger partial charge in [-0.15, -0.1) is 0 Å². The fraction of sp³-hybridized carbons (Fsp3) is 0.462. The maximum atomic E-state index is 14.0. The fourth-order valence-electron chi connectivity index (χ4n) is 4.38. The molecule has 176 valence electrons. The summed E-state index contributed by atoms with van der Waals surface area (Å²) in [5, 5.41) is 3.03. The van der Waals surface area contributed by atoms with Crippen molar-refractivity contribution in [1.29, 1.82) is 0 Å². The molecular weight excluding hydrogens is 419 g/mol. The van der Waals surface area contributed by atoms with E-state index in [-0.39, 0.29) is 17.6 Å². The number of amides is 2. The van der Waals surface area contributed by atoms with Gasteiger partial charge in [0.2, 0.25) is 11.8 Å². The lowest BCUT2D eigenvalue weighted by atomic mass is 10.1. The van der Waals surface area contributed by atoms with Crippen molar-refractivity contribution >= 4 is 23.2 Å². The SMILES string of the molecule is Cc1ccc(C)c(NC(=O)CN(CCC(=O)N2CCN(c3ccccc3F)CC2)C2CC2)c1. The first-order chi connectivity index (χ1) is 15.9. The number of aryl methyl sites for hydroxylation is 2. The molecule has 2 fully saturated rings. The Morgan fingerprint density at radius 1 is 1.06 bits per heavy atom. The van der Waals surface area contributed by atoms with Crippen LogP contribution in [0, 0.1) is 19.7 Å². The number of nitrogens with zero attached hydrogens (tertiary/aromatic N) is 3. The molecule has 7 heteroatoms. The first-order valence-electron chi connectivity index (χ1n) is 11.8. The minimum absolute atomic E-state index is 0.0402.